The normalized spacial score (nSPS) is 16.7. The fraction of sp³-hybridized carbons (Fsp3) is 0.545. The van der Waals surface area contributed by atoms with E-state index in [9.17, 15) is 9.59 Å². The zero-order valence-electron chi connectivity index (χ0n) is 10.1. The van der Waals surface area contributed by atoms with Gasteiger partial charge in [0.1, 0.15) is 5.56 Å². The van der Waals surface area contributed by atoms with Crippen molar-refractivity contribution in [2.75, 3.05) is 19.8 Å². The fourth-order valence-corrected chi connectivity index (χ4v) is 1.90. The molecule has 1 aliphatic heterocycles. The van der Waals surface area contributed by atoms with Crippen molar-refractivity contribution in [1.29, 1.82) is 0 Å². The van der Waals surface area contributed by atoms with Crippen molar-refractivity contribution in [1.82, 2.24) is 14.7 Å². The number of carboxylic acids is 1. The molecule has 0 aliphatic carbocycles. The number of aromatic nitrogens is 2. The highest BCUT2D eigenvalue weighted by Crippen LogP contribution is 2.13. The van der Waals surface area contributed by atoms with E-state index in [1.165, 1.54) is 10.9 Å². The third-order valence-electron chi connectivity index (χ3n) is 2.95. The zero-order valence-corrected chi connectivity index (χ0v) is 10.1. The molecule has 0 bridgehead atoms. The van der Waals surface area contributed by atoms with Crippen molar-refractivity contribution in [3.8, 4) is 0 Å². The maximum atomic E-state index is 11.8. The van der Waals surface area contributed by atoms with E-state index in [-0.39, 0.29) is 18.0 Å². The topological polar surface area (TPSA) is 84.7 Å². The van der Waals surface area contributed by atoms with E-state index >= 15 is 0 Å². The summed E-state index contributed by atoms with van der Waals surface area (Å²) in [7, 11) is 1.67. The summed E-state index contributed by atoms with van der Waals surface area (Å²) >= 11 is 0. The number of amides is 1. The third kappa shape index (κ3) is 2.51. The molecule has 1 aromatic rings. The van der Waals surface area contributed by atoms with E-state index in [2.05, 4.69) is 5.10 Å². The number of carboxylic acid groups (broad SMARTS) is 1. The van der Waals surface area contributed by atoms with Crippen molar-refractivity contribution >= 4 is 11.9 Å². The van der Waals surface area contributed by atoms with Gasteiger partial charge in [-0.15, -0.1) is 0 Å². The van der Waals surface area contributed by atoms with E-state index in [0.717, 1.165) is 0 Å². The van der Waals surface area contributed by atoms with E-state index in [1.54, 1.807) is 11.9 Å². The van der Waals surface area contributed by atoms with Crippen LogP contribution in [-0.2, 0) is 23.1 Å². The van der Waals surface area contributed by atoms with Gasteiger partial charge in [0.2, 0.25) is 5.91 Å². The molecule has 0 spiro atoms. The van der Waals surface area contributed by atoms with Crippen LogP contribution >= 0.6 is 0 Å². The Bertz CT molecular complexity index is 469. The molecule has 0 unspecified atom stereocenters. The summed E-state index contributed by atoms with van der Waals surface area (Å²) in [4.78, 5) is 24.5. The Hall–Kier alpha value is -1.89. The predicted octanol–water partition coefficient (Wildman–Crippen LogP) is -0.133. The molecular formula is C11H15N3O4. The van der Waals surface area contributed by atoms with Crippen LogP contribution in [0.2, 0.25) is 0 Å². The molecule has 7 nitrogen and oxygen atoms in total. The third-order valence-corrected chi connectivity index (χ3v) is 2.95. The van der Waals surface area contributed by atoms with Crippen LogP contribution in [0.4, 0.5) is 0 Å². The van der Waals surface area contributed by atoms with Gasteiger partial charge in [0.15, 0.2) is 0 Å². The van der Waals surface area contributed by atoms with Gasteiger partial charge in [-0.2, -0.15) is 5.10 Å². The van der Waals surface area contributed by atoms with Crippen LogP contribution in [0.15, 0.2) is 6.20 Å². The number of rotatable bonds is 3. The Kier molecular flexibility index (Phi) is 3.61. The highest BCUT2D eigenvalue weighted by atomic mass is 16.5. The average Bonchev–Trinajstić information content (AvgIpc) is 2.55. The predicted molar refractivity (Wildman–Crippen MR) is 61.0 cm³/mol. The first-order chi connectivity index (χ1) is 8.59. The molecule has 1 aliphatic rings. The molecule has 7 heteroatoms. The maximum Gasteiger partial charge on any atom is 0.339 e. The van der Waals surface area contributed by atoms with E-state index in [0.29, 0.717) is 31.9 Å². The Balaban J connectivity index is 2.19. The van der Waals surface area contributed by atoms with E-state index in [1.807, 2.05) is 0 Å². The lowest BCUT2D eigenvalue weighted by molar-refractivity contribution is -0.131. The van der Waals surface area contributed by atoms with Crippen LogP contribution in [0.3, 0.4) is 0 Å². The monoisotopic (exact) mass is 253 g/mol. The van der Waals surface area contributed by atoms with Crippen molar-refractivity contribution < 1.29 is 19.4 Å². The van der Waals surface area contributed by atoms with E-state index in [4.69, 9.17) is 9.84 Å². The first kappa shape index (κ1) is 12.6. The summed E-state index contributed by atoms with van der Waals surface area (Å²) in [5, 5.41) is 13.0. The smallest absolute Gasteiger partial charge is 0.339 e. The minimum atomic E-state index is -1.03. The molecule has 0 aromatic carbocycles. The number of hydrogen-bond acceptors (Lipinski definition) is 4. The van der Waals surface area contributed by atoms with Gasteiger partial charge in [-0.3, -0.25) is 9.48 Å². The number of aryl methyl sites for hydroxylation is 1. The molecule has 0 atom stereocenters. The fourth-order valence-electron chi connectivity index (χ4n) is 1.90. The number of hydrogen-bond donors (Lipinski definition) is 1. The zero-order chi connectivity index (χ0) is 13.1. The summed E-state index contributed by atoms with van der Waals surface area (Å²) in [5.74, 6) is -1.05. The van der Waals surface area contributed by atoms with Crippen LogP contribution in [-0.4, -0.2) is 51.4 Å². The van der Waals surface area contributed by atoms with Crippen molar-refractivity contribution in [2.45, 2.75) is 13.0 Å². The highest BCUT2D eigenvalue weighted by molar-refractivity contribution is 5.88. The number of nitrogens with zero attached hydrogens (tertiary/aromatic N) is 3. The molecule has 18 heavy (non-hydrogen) atoms. The van der Waals surface area contributed by atoms with Gasteiger partial charge in [-0.05, 0) is 0 Å². The van der Waals surface area contributed by atoms with Crippen molar-refractivity contribution in [3.63, 3.8) is 0 Å². The van der Waals surface area contributed by atoms with Gasteiger partial charge in [0.25, 0.3) is 0 Å². The molecule has 2 rings (SSSR count). The van der Waals surface area contributed by atoms with Crippen LogP contribution in [0, 0.1) is 0 Å². The standard InChI is InChI=1S/C11H15N3O4/c1-13-9(8(6-12-13)11(16)17)7-14-3-5-18-4-2-10(14)15/h6H,2-5,7H2,1H3,(H,16,17). The lowest BCUT2D eigenvalue weighted by atomic mass is 10.2. The Morgan fingerprint density at radius 3 is 3.06 bits per heavy atom. The second kappa shape index (κ2) is 5.18. The summed E-state index contributed by atoms with van der Waals surface area (Å²) in [6.45, 7) is 1.63. The number of ether oxygens (including phenoxy) is 1. The number of carbonyl (C=O) groups excluding carboxylic acids is 1. The quantitative estimate of drug-likeness (QED) is 0.811. The largest absolute Gasteiger partial charge is 0.478 e. The highest BCUT2D eigenvalue weighted by Gasteiger charge is 2.22. The van der Waals surface area contributed by atoms with Gasteiger partial charge < -0.3 is 14.7 Å². The molecule has 0 saturated carbocycles. The van der Waals surface area contributed by atoms with Crippen molar-refractivity contribution in [3.05, 3.63) is 17.5 Å². The summed E-state index contributed by atoms with van der Waals surface area (Å²) < 4.78 is 6.71. The first-order valence-electron chi connectivity index (χ1n) is 5.69. The SMILES string of the molecule is Cn1ncc(C(=O)O)c1CN1CCOCCC1=O. The molecule has 1 amide bonds. The van der Waals surface area contributed by atoms with Crippen LogP contribution < -0.4 is 0 Å². The maximum absolute atomic E-state index is 11.8. The number of aromatic carboxylic acids is 1. The second-order valence-electron chi connectivity index (χ2n) is 4.11. The molecule has 1 fully saturated rings. The summed E-state index contributed by atoms with van der Waals surface area (Å²) in [6, 6.07) is 0. The second-order valence-corrected chi connectivity index (χ2v) is 4.11. The minimum Gasteiger partial charge on any atom is -0.478 e. The molecular weight excluding hydrogens is 238 g/mol. The lowest BCUT2D eigenvalue weighted by Crippen LogP contribution is -2.32. The molecule has 1 saturated heterocycles. The van der Waals surface area contributed by atoms with Gasteiger partial charge in [-0.1, -0.05) is 0 Å². The van der Waals surface area contributed by atoms with Crippen LogP contribution in [0.1, 0.15) is 22.5 Å². The molecule has 1 N–H and O–H groups in total. The summed E-state index contributed by atoms with van der Waals surface area (Å²) in [5.41, 5.74) is 0.660. The minimum absolute atomic E-state index is 0.0231. The van der Waals surface area contributed by atoms with Crippen LogP contribution in [0.25, 0.3) is 0 Å². The molecule has 0 radical (unpaired) electrons. The average molecular weight is 253 g/mol. The van der Waals surface area contributed by atoms with Crippen molar-refractivity contribution in [2.24, 2.45) is 7.05 Å². The lowest BCUT2D eigenvalue weighted by Gasteiger charge is -2.20. The van der Waals surface area contributed by atoms with Gasteiger partial charge in [0, 0.05) is 13.6 Å². The molecule has 98 valence electrons. The summed E-state index contributed by atoms with van der Waals surface area (Å²) in [6.07, 6.45) is 1.64. The van der Waals surface area contributed by atoms with Gasteiger partial charge in [0.05, 0.1) is 38.1 Å². The Morgan fingerprint density at radius 2 is 2.33 bits per heavy atom. The molecule has 1 aromatic heterocycles. The number of carbonyl (C=O) groups is 2. The van der Waals surface area contributed by atoms with Gasteiger partial charge in [-0.25, -0.2) is 4.79 Å². The Morgan fingerprint density at radius 1 is 1.56 bits per heavy atom. The first-order valence-corrected chi connectivity index (χ1v) is 5.69. The van der Waals surface area contributed by atoms with Crippen LogP contribution in [0.5, 0.6) is 0 Å². The van der Waals surface area contributed by atoms with Gasteiger partial charge >= 0.3 is 5.97 Å². The Labute approximate surface area is 104 Å². The van der Waals surface area contributed by atoms with E-state index < -0.39 is 5.97 Å². The molecule has 2 heterocycles.